The average molecular weight is 751 g/mol. The maximum absolute atomic E-state index is 12.4. The lowest BCUT2D eigenvalue weighted by Gasteiger charge is -2.32. The molecule has 0 saturated carbocycles. The first kappa shape index (κ1) is 46.9. The Hall–Kier alpha value is -2.26. The van der Waals surface area contributed by atoms with E-state index in [4.69, 9.17) is 33.6 Å². The maximum atomic E-state index is 12.4. The molecule has 4 rings (SSSR count). The fourth-order valence-electron chi connectivity index (χ4n) is 5.64. The number of ether oxygens (including phenoxy) is 1. The molecule has 2 fully saturated rings. The summed E-state index contributed by atoms with van der Waals surface area (Å²) in [5.41, 5.74) is -1.56. The van der Waals surface area contributed by atoms with E-state index in [-0.39, 0.29) is 61.3 Å². The summed E-state index contributed by atoms with van der Waals surface area (Å²) < 4.78 is 29.6. The number of carbonyl (C=O) groups excluding carboxylic acids is 2. The zero-order valence-electron chi connectivity index (χ0n) is 35.2. The molecule has 4 aliphatic heterocycles. The van der Waals surface area contributed by atoms with E-state index in [1.807, 2.05) is 52.5 Å². The number of nitrogens with zero attached hydrogens (tertiary/aromatic N) is 2. The highest BCUT2D eigenvalue weighted by atomic mass is 16.7. The van der Waals surface area contributed by atoms with Crippen molar-refractivity contribution in [3.63, 3.8) is 0 Å². The van der Waals surface area contributed by atoms with Crippen molar-refractivity contribution in [1.29, 1.82) is 0 Å². The van der Waals surface area contributed by atoms with E-state index in [0.29, 0.717) is 32.6 Å². The Bertz CT molecular complexity index is 1330. The van der Waals surface area contributed by atoms with Crippen molar-refractivity contribution in [3.05, 3.63) is 23.1 Å². The van der Waals surface area contributed by atoms with E-state index in [2.05, 4.69) is 33.8 Å². The number of aliphatic hydroxyl groups is 2. The first-order valence-corrected chi connectivity index (χ1v) is 18.7. The van der Waals surface area contributed by atoms with E-state index in [0.717, 1.165) is 23.8 Å². The second kappa shape index (κ2) is 17.3. The topological polar surface area (TPSA) is 165 Å². The van der Waals surface area contributed by atoms with Gasteiger partial charge in [-0.15, -0.1) is 0 Å². The monoisotopic (exact) mass is 751 g/mol. The van der Waals surface area contributed by atoms with Crippen LogP contribution in [0.4, 0.5) is 0 Å². The molecule has 4 aliphatic rings. The first-order chi connectivity index (χ1) is 23.8. The minimum Gasteiger partial charge on any atom is -0.481 e. The number of carboxylic acid groups (broad SMARTS) is 1. The Morgan fingerprint density at radius 1 is 0.660 bits per heavy atom. The summed E-state index contributed by atoms with van der Waals surface area (Å²) in [7, 11) is 1.02. The van der Waals surface area contributed by atoms with Gasteiger partial charge in [0.25, 0.3) is 0 Å². The van der Waals surface area contributed by atoms with Gasteiger partial charge in [0.05, 0.1) is 58.5 Å². The molecule has 0 radical (unpaired) electrons. The molecule has 3 N–H and O–H groups in total. The van der Waals surface area contributed by atoms with Gasteiger partial charge < -0.3 is 48.5 Å². The van der Waals surface area contributed by atoms with Gasteiger partial charge in [0.1, 0.15) is 0 Å². The Morgan fingerprint density at radius 2 is 0.981 bits per heavy atom. The van der Waals surface area contributed by atoms with Crippen LogP contribution in [-0.2, 0) is 37.7 Å². The Balaban J connectivity index is 0.000000306. The molecule has 0 spiro atoms. The van der Waals surface area contributed by atoms with Gasteiger partial charge >= 0.3 is 20.2 Å². The van der Waals surface area contributed by atoms with Crippen LogP contribution in [0.1, 0.15) is 129 Å². The Morgan fingerprint density at radius 3 is 1.21 bits per heavy atom. The molecule has 4 heterocycles. The van der Waals surface area contributed by atoms with Crippen LogP contribution in [-0.4, -0.2) is 130 Å². The van der Waals surface area contributed by atoms with E-state index in [9.17, 15) is 19.5 Å². The number of hydrogen-bond donors (Lipinski definition) is 3. The van der Waals surface area contributed by atoms with Gasteiger partial charge in [-0.3, -0.25) is 14.4 Å². The normalized spacial score (nSPS) is 22.2. The lowest BCUT2D eigenvalue weighted by Crippen LogP contribution is -2.41. The lowest BCUT2D eigenvalue weighted by atomic mass is 9.74. The summed E-state index contributed by atoms with van der Waals surface area (Å²) in [6.07, 6.45) is 5.96. The molecule has 13 nitrogen and oxygen atoms in total. The molecular weight excluding hydrogens is 682 g/mol. The third kappa shape index (κ3) is 14.1. The highest BCUT2D eigenvalue weighted by molar-refractivity contribution is 6.55. The summed E-state index contributed by atoms with van der Waals surface area (Å²) >= 11 is 0. The van der Waals surface area contributed by atoms with Crippen LogP contribution >= 0.6 is 0 Å². The van der Waals surface area contributed by atoms with Crippen LogP contribution in [0.5, 0.6) is 0 Å². The highest BCUT2D eigenvalue weighted by Crippen LogP contribution is 2.40. The van der Waals surface area contributed by atoms with Gasteiger partial charge in [0, 0.05) is 33.3 Å². The summed E-state index contributed by atoms with van der Waals surface area (Å²) in [4.78, 5) is 38.0. The summed E-state index contributed by atoms with van der Waals surface area (Å²) in [5.74, 6) is -0.865. The van der Waals surface area contributed by atoms with E-state index in [1.54, 1.807) is 25.9 Å². The van der Waals surface area contributed by atoms with Gasteiger partial charge in [0.2, 0.25) is 11.8 Å². The predicted molar refractivity (Wildman–Crippen MR) is 206 cm³/mol. The number of amides is 2. The van der Waals surface area contributed by atoms with Crippen LogP contribution in [0.25, 0.3) is 0 Å². The fraction of sp³-hybridized carbons (Fsp3) is 0.816. The quantitative estimate of drug-likeness (QED) is 0.279. The number of carbonyl (C=O) groups is 3. The van der Waals surface area contributed by atoms with E-state index in [1.165, 1.54) is 13.8 Å². The average Bonchev–Trinajstić information content (AvgIpc) is 3.35. The molecule has 2 amide bonds. The van der Waals surface area contributed by atoms with Gasteiger partial charge in [-0.05, 0) is 121 Å². The van der Waals surface area contributed by atoms with E-state index >= 15 is 0 Å². The molecule has 0 aromatic heterocycles. The Labute approximate surface area is 319 Å². The molecule has 0 aromatic carbocycles. The first-order valence-electron chi connectivity index (χ1n) is 18.7. The van der Waals surface area contributed by atoms with Crippen LogP contribution in [0, 0.1) is 0 Å². The molecule has 0 aromatic rings. The van der Waals surface area contributed by atoms with Crippen molar-refractivity contribution in [3.8, 4) is 0 Å². The van der Waals surface area contributed by atoms with Crippen LogP contribution in [0.2, 0.25) is 0 Å². The zero-order chi connectivity index (χ0) is 41.0. The second-order valence-corrected chi connectivity index (χ2v) is 18.4. The van der Waals surface area contributed by atoms with Gasteiger partial charge in [-0.2, -0.15) is 0 Å². The minimum absolute atomic E-state index is 0.0169. The molecule has 0 aliphatic carbocycles. The molecule has 2 saturated heterocycles. The molecule has 302 valence electrons. The summed E-state index contributed by atoms with van der Waals surface area (Å²) in [6.45, 7) is 29.0. The van der Waals surface area contributed by atoms with Crippen molar-refractivity contribution in [2.45, 2.75) is 168 Å². The number of carboxylic acids is 1. The van der Waals surface area contributed by atoms with Crippen molar-refractivity contribution < 1.29 is 53.1 Å². The molecule has 0 bridgehead atoms. The predicted octanol–water partition coefficient (Wildman–Crippen LogP) is 4.76. The van der Waals surface area contributed by atoms with Crippen molar-refractivity contribution in [2.75, 3.05) is 33.3 Å². The van der Waals surface area contributed by atoms with Gasteiger partial charge in [-0.1, -0.05) is 12.2 Å². The van der Waals surface area contributed by atoms with Gasteiger partial charge in [-0.25, -0.2) is 0 Å². The summed E-state index contributed by atoms with van der Waals surface area (Å²) in [5, 5.41) is 26.7. The third-order valence-corrected chi connectivity index (χ3v) is 10.6. The molecule has 0 atom stereocenters. The van der Waals surface area contributed by atoms with E-state index < -0.39 is 22.8 Å². The number of aliphatic carboxylic acids is 1. The zero-order valence-corrected chi connectivity index (χ0v) is 35.2. The molecular formula is C38H68B2N2O11. The second-order valence-electron chi connectivity index (χ2n) is 18.4. The van der Waals surface area contributed by atoms with Crippen molar-refractivity contribution in [1.82, 2.24) is 9.80 Å². The fourth-order valence-corrected chi connectivity index (χ4v) is 5.64. The van der Waals surface area contributed by atoms with Crippen molar-refractivity contribution in [2.24, 2.45) is 0 Å². The van der Waals surface area contributed by atoms with Gasteiger partial charge in [0.15, 0.2) is 0 Å². The largest absolute Gasteiger partial charge is 0.490 e. The SMILES string of the molecule is CC(C)(O)CC(=O)N1CC=C(B2OC(C)(C)C(C)(C)O2)CC1.CC(C)(O)CC(=O)O.COC(C)(C)CC(=O)N1CC=C(B2OC(C)(C)C(C)(C)O2)CC1. The number of rotatable bonds is 9. The van der Waals surface area contributed by atoms with Crippen LogP contribution < -0.4 is 0 Å². The van der Waals surface area contributed by atoms with Crippen LogP contribution in [0.15, 0.2) is 23.1 Å². The highest BCUT2D eigenvalue weighted by Gasteiger charge is 2.53. The molecule has 0 unspecified atom stereocenters. The van der Waals surface area contributed by atoms with Crippen molar-refractivity contribution >= 4 is 32.0 Å². The number of hydrogen-bond acceptors (Lipinski definition) is 10. The maximum Gasteiger partial charge on any atom is 0.490 e. The Kier molecular flexibility index (Phi) is 15.3. The summed E-state index contributed by atoms with van der Waals surface area (Å²) in [6, 6.07) is 0. The third-order valence-electron chi connectivity index (χ3n) is 10.6. The standard InChI is InChI=1S/C17H30BNO4.C16H28BNO4.C5H10O3/c1-15(2,21-7)12-14(20)19-10-8-13(9-11-19)18-22-16(3,4)17(5,6)23-18;1-14(2,20)11-13(19)18-9-7-12(8-10-18)17-21-15(3,4)16(5,6)22-17;1-5(2,8)3-4(6)7/h8H,9-12H2,1-7H3;7,20H,8-11H2,1-6H3;8H,3H2,1-2H3,(H,6,7). The number of methoxy groups -OCH3 is 1. The minimum atomic E-state index is -1.08. The smallest absolute Gasteiger partial charge is 0.481 e. The van der Waals surface area contributed by atoms with Crippen LogP contribution in [0.3, 0.4) is 0 Å². The lowest BCUT2D eigenvalue weighted by molar-refractivity contribution is -0.141. The molecule has 15 heteroatoms. The molecule has 53 heavy (non-hydrogen) atoms.